The fraction of sp³-hybridized carbons (Fsp3) is 0.167. The van der Waals surface area contributed by atoms with Crippen LogP contribution in [-0.2, 0) is 12.8 Å². The molecule has 5 heteroatoms. The number of benzene rings is 1. The first-order chi connectivity index (χ1) is 11.2. The van der Waals surface area contributed by atoms with Crippen LogP contribution in [0.15, 0.2) is 61.1 Å². The maximum absolute atomic E-state index is 11.6. The molecule has 0 aliphatic heterocycles. The van der Waals surface area contributed by atoms with Gasteiger partial charge < -0.3 is 5.73 Å². The van der Waals surface area contributed by atoms with Gasteiger partial charge in [0.2, 0.25) is 0 Å². The van der Waals surface area contributed by atoms with Crippen LogP contribution in [0.3, 0.4) is 0 Å². The number of pyridine rings is 1. The van der Waals surface area contributed by atoms with E-state index in [4.69, 9.17) is 5.73 Å². The number of nitrogens with zero attached hydrogens (tertiary/aromatic N) is 3. The number of hydrogen-bond donors (Lipinski definition) is 1. The van der Waals surface area contributed by atoms with Gasteiger partial charge in [-0.15, -0.1) is 0 Å². The van der Waals surface area contributed by atoms with Gasteiger partial charge >= 0.3 is 6.03 Å². The van der Waals surface area contributed by atoms with Crippen molar-refractivity contribution >= 4 is 6.03 Å². The summed E-state index contributed by atoms with van der Waals surface area (Å²) in [5, 5.41) is 0. The minimum Gasteiger partial charge on any atom is -0.351 e. The van der Waals surface area contributed by atoms with Gasteiger partial charge in [-0.2, -0.15) is 0 Å². The summed E-state index contributed by atoms with van der Waals surface area (Å²) in [6.45, 7) is 0. The number of imidazole rings is 1. The maximum atomic E-state index is 11.6. The van der Waals surface area contributed by atoms with Crippen LogP contribution in [0.2, 0.25) is 0 Å². The quantitative estimate of drug-likeness (QED) is 0.787. The highest BCUT2D eigenvalue weighted by atomic mass is 16.2. The predicted molar refractivity (Wildman–Crippen MR) is 88.9 cm³/mol. The molecule has 23 heavy (non-hydrogen) atoms. The van der Waals surface area contributed by atoms with E-state index in [0.29, 0.717) is 17.9 Å². The van der Waals surface area contributed by atoms with Crippen LogP contribution >= 0.6 is 0 Å². The van der Waals surface area contributed by atoms with E-state index in [-0.39, 0.29) is 0 Å². The highest BCUT2D eigenvalue weighted by Crippen LogP contribution is 2.18. The van der Waals surface area contributed by atoms with Crippen LogP contribution in [0.1, 0.15) is 17.8 Å². The lowest BCUT2D eigenvalue weighted by atomic mass is 10.1. The largest absolute Gasteiger partial charge is 0.351 e. The molecule has 1 aromatic carbocycles. The second-order valence-corrected chi connectivity index (χ2v) is 5.33. The first kappa shape index (κ1) is 15.0. The normalized spacial score (nSPS) is 10.6. The second kappa shape index (κ2) is 6.87. The molecule has 0 saturated heterocycles. The molecule has 2 aromatic heterocycles. The Balaban J connectivity index is 1.75. The van der Waals surface area contributed by atoms with Crippen molar-refractivity contribution in [1.29, 1.82) is 0 Å². The molecule has 3 aromatic rings. The zero-order valence-corrected chi connectivity index (χ0v) is 12.7. The lowest BCUT2D eigenvalue weighted by molar-refractivity contribution is 0.249. The zero-order chi connectivity index (χ0) is 16.1. The summed E-state index contributed by atoms with van der Waals surface area (Å²) in [7, 11) is 0. The van der Waals surface area contributed by atoms with Crippen LogP contribution in [0.25, 0.3) is 11.3 Å². The molecule has 0 bridgehead atoms. The number of carbonyl (C=O) groups is 1. The third-order valence-corrected chi connectivity index (χ3v) is 3.68. The van der Waals surface area contributed by atoms with E-state index >= 15 is 0 Å². The van der Waals surface area contributed by atoms with E-state index in [9.17, 15) is 4.79 Å². The van der Waals surface area contributed by atoms with Gasteiger partial charge in [-0.3, -0.25) is 9.55 Å². The molecular weight excluding hydrogens is 288 g/mol. The second-order valence-electron chi connectivity index (χ2n) is 5.33. The Morgan fingerprint density at radius 3 is 2.61 bits per heavy atom. The van der Waals surface area contributed by atoms with Crippen molar-refractivity contribution in [2.24, 2.45) is 5.73 Å². The highest BCUT2D eigenvalue weighted by molar-refractivity contribution is 5.77. The predicted octanol–water partition coefficient (Wildman–Crippen LogP) is 3.05. The smallest absolute Gasteiger partial charge is 0.324 e. The number of carbonyl (C=O) groups excluding carboxylic acids is 1. The molecule has 116 valence electrons. The molecule has 3 rings (SSSR count). The van der Waals surface area contributed by atoms with Crippen LogP contribution in [0.4, 0.5) is 4.79 Å². The molecule has 2 heterocycles. The SMILES string of the molecule is NC(=O)n1cc(-c2cccnc2)nc1CCCc1ccccc1. The van der Waals surface area contributed by atoms with Crippen molar-refractivity contribution in [3.63, 3.8) is 0 Å². The molecule has 0 radical (unpaired) electrons. The third-order valence-electron chi connectivity index (χ3n) is 3.68. The average molecular weight is 306 g/mol. The lowest BCUT2D eigenvalue weighted by Crippen LogP contribution is -2.21. The van der Waals surface area contributed by atoms with Gasteiger partial charge in [-0.1, -0.05) is 30.3 Å². The highest BCUT2D eigenvalue weighted by Gasteiger charge is 2.12. The minimum absolute atomic E-state index is 0.512. The number of aryl methyl sites for hydroxylation is 2. The summed E-state index contributed by atoms with van der Waals surface area (Å²) in [5.74, 6) is 0.687. The number of amides is 1. The Morgan fingerprint density at radius 2 is 1.91 bits per heavy atom. The topological polar surface area (TPSA) is 73.8 Å². The summed E-state index contributed by atoms with van der Waals surface area (Å²) in [6.07, 6.45) is 7.64. The van der Waals surface area contributed by atoms with Crippen molar-refractivity contribution in [2.75, 3.05) is 0 Å². The van der Waals surface area contributed by atoms with Gasteiger partial charge in [0, 0.05) is 30.6 Å². The first-order valence-corrected chi connectivity index (χ1v) is 7.56. The third kappa shape index (κ3) is 3.63. The molecule has 2 N–H and O–H groups in total. The monoisotopic (exact) mass is 306 g/mol. The minimum atomic E-state index is -0.512. The summed E-state index contributed by atoms with van der Waals surface area (Å²) < 4.78 is 1.42. The van der Waals surface area contributed by atoms with Gasteiger partial charge in [-0.25, -0.2) is 9.78 Å². The Bertz CT molecular complexity index is 781. The van der Waals surface area contributed by atoms with Crippen LogP contribution in [0.5, 0.6) is 0 Å². The van der Waals surface area contributed by atoms with E-state index < -0.39 is 6.03 Å². The summed E-state index contributed by atoms with van der Waals surface area (Å²) in [6, 6.07) is 13.5. The van der Waals surface area contributed by atoms with Gasteiger partial charge in [0.1, 0.15) is 5.82 Å². The molecule has 0 fully saturated rings. The van der Waals surface area contributed by atoms with E-state index in [1.165, 1.54) is 10.1 Å². The standard InChI is InChI=1S/C18H18N4O/c19-18(23)22-13-16(15-9-5-11-20-12-15)21-17(22)10-4-8-14-6-2-1-3-7-14/h1-3,5-7,9,11-13H,4,8,10H2,(H2,19,23). The van der Waals surface area contributed by atoms with Gasteiger partial charge in [0.15, 0.2) is 0 Å². The van der Waals surface area contributed by atoms with Gasteiger partial charge in [0.25, 0.3) is 0 Å². The molecule has 0 atom stereocenters. The van der Waals surface area contributed by atoms with Crippen molar-refractivity contribution < 1.29 is 4.79 Å². The number of nitrogens with two attached hydrogens (primary N) is 1. The van der Waals surface area contributed by atoms with E-state index in [1.54, 1.807) is 18.6 Å². The molecular formula is C18H18N4O. The van der Waals surface area contributed by atoms with Crippen LogP contribution < -0.4 is 5.73 Å². The van der Waals surface area contributed by atoms with Crippen LogP contribution in [-0.4, -0.2) is 20.6 Å². The van der Waals surface area contributed by atoms with E-state index in [0.717, 1.165) is 18.4 Å². The summed E-state index contributed by atoms with van der Waals surface area (Å²) in [4.78, 5) is 20.3. The molecule has 0 aliphatic rings. The summed E-state index contributed by atoms with van der Waals surface area (Å²) >= 11 is 0. The molecule has 5 nitrogen and oxygen atoms in total. The number of hydrogen-bond acceptors (Lipinski definition) is 3. The Hall–Kier alpha value is -2.95. The number of rotatable bonds is 5. The molecule has 1 amide bonds. The summed E-state index contributed by atoms with van der Waals surface area (Å²) in [5.41, 5.74) is 8.32. The fourth-order valence-corrected chi connectivity index (χ4v) is 2.53. The van der Waals surface area contributed by atoms with Crippen molar-refractivity contribution in [2.45, 2.75) is 19.3 Å². The average Bonchev–Trinajstić information content (AvgIpc) is 3.01. The van der Waals surface area contributed by atoms with E-state index in [2.05, 4.69) is 22.1 Å². The number of primary amides is 1. The van der Waals surface area contributed by atoms with E-state index in [1.807, 2.05) is 30.3 Å². The molecule has 0 spiro atoms. The Kier molecular flexibility index (Phi) is 4.47. The van der Waals surface area contributed by atoms with Gasteiger partial charge in [-0.05, 0) is 30.5 Å². The Labute approximate surface area is 134 Å². The fourth-order valence-electron chi connectivity index (χ4n) is 2.53. The Morgan fingerprint density at radius 1 is 1.09 bits per heavy atom. The van der Waals surface area contributed by atoms with Crippen molar-refractivity contribution in [3.05, 3.63) is 72.4 Å². The number of aromatic nitrogens is 3. The zero-order valence-electron chi connectivity index (χ0n) is 12.7. The molecule has 0 saturated carbocycles. The van der Waals surface area contributed by atoms with Crippen molar-refractivity contribution in [1.82, 2.24) is 14.5 Å². The van der Waals surface area contributed by atoms with Gasteiger partial charge in [0.05, 0.1) is 5.69 Å². The van der Waals surface area contributed by atoms with Crippen LogP contribution in [0, 0.1) is 0 Å². The van der Waals surface area contributed by atoms with Crippen molar-refractivity contribution in [3.8, 4) is 11.3 Å². The molecule has 0 unspecified atom stereocenters. The lowest BCUT2D eigenvalue weighted by Gasteiger charge is -2.03. The molecule has 0 aliphatic carbocycles. The maximum Gasteiger partial charge on any atom is 0.324 e. The first-order valence-electron chi connectivity index (χ1n) is 7.56.